The van der Waals surface area contributed by atoms with E-state index in [4.69, 9.17) is 4.74 Å². The second-order valence-electron chi connectivity index (χ2n) is 3.60. The summed E-state index contributed by atoms with van der Waals surface area (Å²) in [6.07, 6.45) is 1.80. The Labute approximate surface area is 85.5 Å². The van der Waals surface area contributed by atoms with Gasteiger partial charge in [0.05, 0.1) is 18.8 Å². The van der Waals surface area contributed by atoms with Gasteiger partial charge in [0, 0.05) is 6.20 Å². The van der Waals surface area contributed by atoms with Gasteiger partial charge in [-0.25, -0.2) is 0 Å². The highest BCUT2D eigenvalue weighted by atomic mass is 16.5. The highest BCUT2D eigenvalue weighted by Gasteiger charge is 2.18. The fourth-order valence-electron chi connectivity index (χ4n) is 1.59. The van der Waals surface area contributed by atoms with Crippen LogP contribution in [0.1, 0.15) is 25.6 Å². The SMILES string of the molecule is CNC(c1ncccc1OC)C(C)C. The van der Waals surface area contributed by atoms with E-state index in [1.54, 1.807) is 13.3 Å². The van der Waals surface area contributed by atoms with Crippen LogP contribution in [-0.4, -0.2) is 19.1 Å². The highest BCUT2D eigenvalue weighted by Crippen LogP contribution is 2.26. The summed E-state index contributed by atoms with van der Waals surface area (Å²) in [5, 5.41) is 3.25. The summed E-state index contributed by atoms with van der Waals surface area (Å²) in [6.45, 7) is 4.32. The molecule has 1 heterocycles. The maximum atomic E-state index is 5.28. The molecule has 3 nitrogen and oxygen atoms in total. The predicted molar refractivity (Wildman–Crippen MR) is 57.4 cm³/mol. The summed E-state index contributed by atoms with van der Waals surface area (Å²) < 4.78 is 5.28. The molecule has 0 aliphatic heterocycles. The molecule has 78 valence electrons. The summed E-state index contributed by atoms with van der Waals surface area (Å²) in [7, 11) is 3.62. The Bertz CT molecular complexity index is 286. The molecule has 0 spiro atoms. The molecule has 0 saturated heterocycles. The van der Waals surface area contributed by atoms with Crippen molar-refractivity contribution in [3.8, 4) is 5.75 Å². The van der Waals surface area contributed by atoms with E-state index in [9.17, 15) is 0 Å². The van der Waals surface area contributed by atoms with Crippen LogP contribution in [0.15, 0.2) is 18.3 Å². The van der Waals surface area contributed by atoms with Crippen LogP contribution in [0, 0.1) is 5.92 Å². The summed E-state index contributed by atoms with van der Waals surface area (Å²) in [4.78, 5) is 4.35. The third-order valence-electron chi connectivity index (χ3n) is 2.29. The van der Waals surface area contributed by atoms with E-state index in [-0.39, 0.29) is 6.04 Å². The topological polar surface area (TPSA) is 34.2 Å². The maximum absolute atomic E-state index is 5.28. The molecule has 3 heteroatoms. The Morgan fingerprint density at radius 3 is 2.64 bits per heavy atom. The standard InChI is InChI=1S/C11H18N2O/c1-8(2)10(12-3)11-9(14-4)6-5-7-13-11/h5-8,10,12H,1-4H3. The molecule has 1 aromatic heterocycles. The molecular formula is C11H18N2O. The van der Waals surface area contributed by atoms with Crippen LogP contribution in [-0.2, 0) is 0 Å². The quantitative estimate of drug-likeness (QED) is 0.796. The number of rotatable bonds is 4. The number of nitrogens with one attached hydrogen (secondary N) is 1. The molecule has 14 heavy (non-hydrogen) atoms. The van der Waals surface area contributed by atoms with Crippen LogP contribution in [0.3, 0.4) is 0 Å². The fraction of sp³-hybridized carbons (Fsp3) is 0.545. The molecule has 0 aliphatic carbocycles. The van der Waals surface area contributed by atoms with Crippen molar-refractivity contribution in [3.63, 3.8) is 0 Å². The minimum Gasteiger partial charge on any atom is -0.495 e. The zero-order valence-corrected chi connectivity index (χ0v) is 9.24. The molecular weight excluding hydrogens is 176 g/mol. The van der Waals surface area contributed by atoms with Crippen molar-refractivity contribution in [2.45, 2.75) is 19.9 Å². The zero-order chi connectivity index (χ0) is 10.6. The van der Waals surface area contributed by atoms with Crippen molar-refractivity contribution >= 4 is 0 Å². The number of hydrogen-bond donors (Lipinski definition) is 1. The lowest BCUT2D eigenvalue weighted by atomic mass is 10.00. The first-order chi connectivity index (χ1) is 6.70. The van der Waals surface area contributed by atoms with Crippen LogP contribution < -0.4 is 10.1 Å². The van der Waals surface area contributed by atoms with Gasteiger partial charge < -0.3 is 10.1 Å². The van der Waals surface area contributed by atoms with Crippen LogP contribution in [0.2, 0.25) is 0 Å². The molecule has 0 aliphatic rings. The molecule has 0 fully saturated rings. The monoisotopic (exact) mass is 194 g/mol. The number of aromatic nitrogens is 1. The smallest absolute Gasteiger partial charge is 0.141 e. The molecule has 1 unspecified atom stereocenters. The van der Waals surface area contributed by atoms with E-state index in [1.165, 1.54) is 0 Å². The zero-order valence-electron chi connectivity index (χ0n) is 9.24. The largest absolute Gasteiger partial charge is 0.495 e. The van der Waals surface area contributed by atoms with Gasteiger partial charge in [0.25, 0.3) is 0 Å². The van der Waals surface area contributed by atoms with Crippen molar-refractivity contribution in [3.05, 3.63) is 24.0 Å². The molecule has 1 aromatic rings. The van der Waals surface area contributed by atoms with Crippen molar-refractivity contribution in [1.29, 1.82) is 0 Å². The molecule has 1 rings (SSSR count). The average molecular weight is 194 g/mol. The third-order valence-corrected chi connectivity index (χ3v) is 2.29. The number of ether oxygens (including phenoxy) is 1. The van der Waals surface area contributed by atoms with Gasteiger partial charge in [-0.15, -0.1) is 0 Å². The van der Waals surface area contributed by atoms with E-state index in [1.807, 2.05) is 19.2 Å². The van der Waals surface area contributed by atoms with Crippen LogP contribution in [0.4, 0.5) is 0 Å². The summed E-state index contributed by atoms with van der Waals surface area (Å²) in [5.74, 6) is 1.34. The van der Waals surface area contributed by atoms with Gasteiger partial charge in [0.1, 0.15) is 5.75 Å². The number of methoxy groups -OCH3 is 1. The van der Waals surface area contributed by atoms with Crippen LogP contribution >= 0.6 is 0 Å². The minimum atomic E-state index is 0.242. The Kier molecular flexibility index (Phi) is 3.89. The van der Waals surface area contributed by atoms with Crippen molar-refractivity contribution in [1.82, 2.24) is 10.3 Å². The Morgan fingerprint density at radius 2 is 2.14 bits per heavy atom. The molecule has 0 bridgehead atoms. The van der Waals surface area contributed by atoms with Crippen LogP contribution in [0.25, 0.3) is 0 Å². The van der Waals surface area contributed by atoms with E-state index < -0.39 is 0 Å². The Balaban J connectivity index is 3.02. The van der Waals surface area contributed by atoms with Crippen LogP contribution in [0.5, 0.6) is 5.75 Å². The number of hydrogen-bond acceptors (Lipinski definition) is 3. The lowest BCUT2D eigenvalue weighted by Crippen LogP contribution is -2.23. The first kappa shape index (κ1) is 11.0. The molecule has 0 aromatic carbocycles. The van der Waals surface area contributed by atoms with Gasteiger partial charge in [-0.05, 0) is 25.1 Å². The lowest BCUT2D eigenvalue weighted by molar-refractivity contribution is 0.374. The maximum Gasteiger partial charge on any atom is 0.141 e. The van der Waals surface area contributed by atoms with E-state index in [0.29, 0.717) is 5.92 Å². The number of nitrogens with zero attached hydrogens (tertiary/aromatic N) is 1. The second kappa shape index (κ2) is 4.96. The van der Waals surface area contributed by atoms with Gasteiger partial charge >= 0.3 is 0 Å². The Morgan fingerprint density at radius 1 is 1.43 bits per heavy atom. The van der Waals surface area contributed by atoms with Gasteiger partial charge in [-0.3, -0.25) is 4.98 Å². The van der Waals surface area contributed by atoms with Crippen molar-refractivity contribution in [2.24, 2.45) is 5.92 Å². The van der Waals surface area contributed by atoms with Gasteiger partial charge in [0.2, 0.25) is 0 Å². The summed E-state index contributed by atoms with van der Waals surface area (Å²) >= 11 is 0. The van der Waals surface area contributed by atoms with Crippen molar-refractivity contribution < 1.29 is 4.74 Å². The highest BCUT2D eigenvalue weighted by molar-refractivity contribution is 5.29. The molecule has 1 N–H and O–H groups in total. The van der Waals surface area contributed by atoms with Gasteiger partial charge in [-0.2, -0.15) is 0 Å². The van der Waals surface area contributed by atoms with Gasteiger partial charge in [-0.1, -0.05) is 13.8 Å². The first-order valence-electron chi connectivity index (χ1n) is 4.86. The minimum absolute atomic E-state index is 0.242. The first-order valence-corrected chi connectivity index (χ1v) is 4.86. The fourth-order valence-corrected chi connectivity index (χ4v) is 1.59. The third kappa shape index (κ3) is 2.23. The molecule has 0 radical (unpaired) electrons. The summed E-state index contributed by atoms with van der Waals surface area (Å²) in [6, 6.07) is 4.07. The van der Waals surface area contributed by atoms with Gasteiger partial charge in [0.15, 0.2) is 0 Å². The average Bonchev–Trinajstić information content (AvgIpc) is 2.19. The predicted octanol–water partition coefficient (Wildman–Crippen LogP) is 2.01. The normalized spacial score (nSPS) is 12.9. The summed E-state index contributed by atoms with van der Waals surface area (Å²) in [5.41, 5.74) is 0.979. The molecule has 0 saturated carbocycles. The van der Waals surface area contributed by atoms with E-state index >= 15 is 0 Å². The van der Waals surface area contributed by atoms with Crippen molar-refractivity contribution in [2.75, 3.05) is 14.2 Å². The molecule has 1 atom stereocenters. The second-order valence-corrected chi connectivity index (χ2v) is 3.60. The van der Waals surface area contributed by atoms with E-state index in [2.05, 4.69) is 24.1 Å². The lowest BCUT2D eigenvalue weighted by Gasteiger charge is -2.21. The number of pyridine rings is 1. The molecule has 0 amide bonds. The van der Waals surface area contributed by atoms with E-state index in [0.717, 1.165) is 11.4 Å². The Hall–Kier alpha value is -1.09.